The van der Waals surface area contributed by atoms with Crippen molar-refractivity contribution in [3.63, 3.8) is 0 Å². The molecule has 0 bridgehead atoms. The molecule has 118 valence electrons. The van der Waals surface area contributed by atoms with E-state index in [-0.39, 0.29) is 4.90 Å². The van der Waals surface area contributed by atoms with Gasteiger partial charge in [-0.05, 0) is 24.6 Å². The zero-order chi connectivity index (χ0) is 16.0. The van der Waals surface area contributed by atoms with Crippen molar-refractivity contribution in [2.24, 2.45) is 0 Å². The Hall–Kier alpha value is -2.08. The minimum Gasteiger partial charge on any atom is -0.495 e. The molecule has 0 aliphatic carbocycles. The van der Waals surface area contributed by atoms with Crippen molar-refractivity contribution in [1.29, 1.82) is 0 Å². The summed E-state index contributed by atoms with van der Waals surface area (Å²) in [6.07, 6.45) is 4.52. The van der Waals surface area contributed by atoms with Crippen molar-refractivity contribution in [3.05, 3.63) is 48.8 Å². The molecule has 0 saturated carbocycles. The molecule has 0 radical (unpaired) electrons. The number of benzene rings is 1. The molecule has 1 aromatic heterocycles. The smallest absolute Gasteiger partial charge is 0.269 e. The zero-order valence-electron chi connectivity index (χ0n) is 12.8. The standard InChI is InChI=1S/C16H20N2O3S/c1-3-4-12-18(14-8-6-5-7-9-14)22(19,20)16-13-17-11-10-15(16)21-2/h5-11,13H,3-4,12H2,1-2H3. The maximum absolute atomic E-state index is 13.0. The molecule has 6 heteroatoms. The van der Waals surface area contributed by atoms with E-state index in [0.29, 0.717) is 18.0 Å². The van der Waals surface area contributed by atoms with E-state index in [4.69, 9.17) is 4.74 Å². The van der Waals surface area contributed by atoms with Crippen molar-refractivity contribution in [1.82, 2.24) is 4.98 Å². The average molecular weight is 320 g/mol. The van der Waals surface area contributed by atoms with Crippen LogP contribution in [0.25, 0.3) is 0 Å². The highest BCUT2D eigenvalue weighted by Crippen LogP contribution is 2.29. The largest absolute Gasteiger partial charge is 0.495 e. The van der Waals surface area contributed by atoms with E-state index in [0.717, 1.165) is 12.8 Å². The van der Waals surface area contributed by atoms with Crippen LogP contribution < -0.4 is 9.04 Å². The SMILES string of the molecule is CCCCN(c1ccccc1)S(=O)(=O)c1cnccc1OC. The maximum Gasteiger partial charge on any atom is 0.269 e. The van der Waals surface area contributed by atoms with Gasteiger partial charge in [0.1, 0.15) is 10.6 Å². The third-order valence-corrected chi connectivity index (χ3v) is 5.13. The molecule has 0 aliphatic heterocycles. The summed E-state index contributed by atoms with van der Waals surface area (Å²) in [6.45, 7) is 2.45. The Bertz CT molecular complexity index is 702. The van der Waals surface area contributed by atoms with E-state index in [1.807, 2.05) is 25.1 Å². The molecule has 5 nitrogen and oxygen atoms in total. The fourth-order valence-electron chi connectivity index (χ4n) is 2.13. The summed E-state index contributed by atoms with van der Waals surface area (Å²) in [7, 11) is -2.27. The van der Waals surface area contributed by atoms with Crippen molar-refractivity contribution in [2.75, 3.05) is 18.0 Å². The second-order valence-corrected chi connectivity index (χ2v) is 6.62. The number of nitrogens with zero attached hydrogens (tertiary/aromatic N) is 2. The third-order valence-electron chi connectivity index (χ3n) is 3.29. The Balaban J connectivity index is 2.50. The number of anilines is 1. The van der Waals surface area contributed by atoms with E-state index in [9.17, 15) is 8.42 Å². The predicted molar refractivity (Wildman–Crippen MR) is 86.7 cm³/mol. The number of hydrogen-bond donors (Lipinski definition) is 0. The molecule has 0 atom stereocenters. The summed E-state index contributed by atoms with van der Waals surface area (Å²) in [6, 6.07) is 10.6. The molecular weight excluding hydrogens is 300 g/mol. The second-order valence-electron chi connectivity index (χ2n) is 4.79. The first-order valence-corrected chi connectivity index (χ1v) is 8.61. The summed E-state index contributed by atoms with van der Waals surface area (Å²) in [5.74, 6) is 0.299. The number of aromatic nitrogens is 1. The highest BCUT2D eigenvalue weighted by molar-refractivity contribution is 7.93. The van der Waals surface area contributed by atoms with Crippen LogP contribution >= 0.6 is 0 Å². The lowest BCUT2D eigenvalue weighted by molar-refractivity contribution is 0.401. The van der Waals surface area contributed by atoms with Gasteiger partial charge in [0.2, 0.25) is 0 Å². The normalized spacial score (nSPS) is 11.2. The van der Waals surface area contributed by atoms with Crippen LogP contribution in [0.2, 0.25) is 0 Å². The van der Waals surface area contributed by atoms with E-state index in [1.165, 1.54) is 23.8 Å². The molecule has 0 spiro atoms. The van der Waals surface area contributed by atoms with Crippen LogP contribution in [0.4, 0.5) is 5.69 Å². The van der Waals surface area contributed by atoms with E-state index >= 15 is 0 Å². The quantitative estimate of drug-likeness (QED) is 0.786. The Morgan fingerprint density at radius 1 is 1.18 bits per heavy atom. The molecule has 0 saturated heterocycles. The third kappa shape index (κ3) is 3.39. The first-order valence-electron chi connectivity index (χ1n) is 7.17. The van der Waals surface area contributed by atoms with Gasteiger partial charge >= 0.3 is 0 Å². The fraction of sp³-hybridized carbons (Fsp3) is 0.312. The van der Waals surface area contributed by atoms with Gasteiger partial charge in [-0.3, -0.25) is 9.29 Å². The van der Waals surface area contributed by atoms with Crippen LogP contribution in [0.3, 0.4) is 0 Å². The Labute approximate surface area is 131 Å². The van der Waals surface area contributed by atoms with Crippen molar-refractivity contribution < 1.29 is 13.2 Å². The van der Waals surface area contributed by atoms with E-state index < -0.39 is 10.0 Å². The van der Waals surface area contributed by atoms with Crippen LogP contribution in [0, 0.1) is 0 Å². The number of ether oxygens (including phenoxy) is 1. The van der Waals surface area contributed by atoms with Crippen molar-refractivity contribution in [3.8, 4) is 5.75 Å². The molecule has 0 N–H and O–H groups in total. The Morgan fingerprint density at radius 2 is 1.91 bits per heavy atom. The summed E-state index contributed by atoms with van der Waals surface area (Å²) < 4.78 is 32.6. The molecule has 0 fully saturated rings. The van der Waals surface area contributed by atoms with Crippen LogP contribution in [-0.2, 0) is 10.0 Å². The lowest BCUT2D eigenvalue weighted by Gasteiger charge is -2.25. The molecule has 2 rings (SSSR count). The van der Waals surface area contributed by atoms with Crippen molar-refractivity contribution in [2.45, 2.75) is 24.7 Å². The van der Waals surface area contributed by atoms with Gasteiger partial charge in [-0.25, -0.2) is 8.42 Å². The van der Waals surface area contributed by atoms with Gasteiger partial charge in [0.05, 0.1) is 19.0 Å². The maximum atomic E-state index is 13.0. The number of methoxy groups -OCH3 is 1. The van der Waals surface area contributed by atoms with E-state index in [1.54, 1.807) is 18.2 Å². The van der Waals surface area contributed by atoms with Gasteiger partial charge in [-0.15, -0.1) is 0 Å². The monoisotopic (exact) mass is 320 g/mol. The fourth-order valence-corrected chi connectivity index (χ4v) is 3.74. The lowest BCUT2D eigenvalue weighted by atomic mass is 10.3. The molecule has 2 aromatic rings. The van der Waals surface area contributed by atoms with Gasteiger partial charge < -0.3 is 4.74 Å². The molecular formula is C16H20N2O3S. The number of rotatable bonds is 7. The number of para-hydroxylation sites is 1. The van der Waals surface area contributed by atoms with Gasteiger partial charge in [-0.1, -0.05) is 31.5 Å². The first kappa shape index (κ1) is 16.3. The minimum atomic E-state index is -3.72. The number of sulfonamides is 1. The number of unbranched alkanes of at least 4 members (excludes halogenated alkanes) is 1. The average Bonchev–Trinajstić information content (AvgIpc) is 2.56. The van der Waals surface area contributed by atoms with Crippen LogP contribution in [0.1, 0.15) is 19.8 Å². The van der Waals surface area contributed by atoms with Gasteiger partial charge in [-0.2, -0.15) is 0 Å². The van der Waals surface area contributed by atoms with Gasteiger partial charge in [0.25, 0.3) is 10.0 Å². The summed E-state index contributed by atoms with van der Waals surface area (Å²) in [5.41, 5.74) is 0.641. The topological polar surface area (TPSA) is 59.5 Å². The van der Waals surface area contributed by atoms with Crippen LogP contribution in [0.5, 0.6) is 5.75 Å². The van der Waals surface area contributed by atoms with Crippen LogP contribution in [-0.4, -0.2) is 27.1 Å². The Morgan fingerprint density at radius 3 is 2.55 bits per heavy atom. The highest BCUT2D eigenvalue weighted by Gasteiger charge is 2.27. The highest BCUT2D eigenvalue weighted by atomic mass is 32.2. The summed E-state index contributed by atoms with van der Waals surface area (Å²) in [4.78, 5) is 4.01. The number of hydrogen-bond acceptors (Lipinski definition) is 4. The predicted octanol–water partition coefficient (Wildman–Crippen LogP) is 3.09. The zero-order valence-corrected chi connectivity index (χ0v) is 13.6. The minimum absolute atomic E-state index is 0.0810. The molecule has 22 heavy (non-hydrogen) atoms. The molecule has 1 heterocycles. The molecule has 0 amide bonds. The van der Waals surface area contributed by atoms with E-state index in [2.05, 4.69) is 4.98 Å². The lowest BCUT2D eigenvalue weighted by Crippen LogP contribution is -2.32. The first-order chi connectivity index (χ1) is 10.6. The van der Waals surface area contributed by atoms with Crippen molar-refractivity contribution >= 4 is 15.7 Å². The van der Waals surface area contributed by atoms with Gasteiger partial charge in [0.15, 0.2) is 0 Å². The Kier molecular flexibility index (Phi) is 5.38. The van der Waals surface area contributed by atoms with Gasteiger partial charge in [0, 0.05) is 12.7 Å². The summed E-state index contributed by atoms with van der Waals surface area (Å²) in [5, 5.41) is 0. The van der Waals surface area contributed by atoms with Crippen LogP contribution in [0.15, 0.2) is 53.7 Å². The summed E-state index contributed by atoms with van der Waals surface area (Å²) >= 11 is 0. The molecule has 0 unspecified atom stereocenters. The number of pyridine rings is 1. The molecule has 0 aliphatic rings. The second kappa shape index (κ2) is 7.26. The molecule has 1 aromatic carbocycles.